The number of nitro benzene ring substituents is 1. The molecule has 0 bridgehead atoms. The summed E-state index contributed by atoms with van der Waals surface area (Å²) >= 11 is 1.67. The van der Waals surface area contributed by atoms with Gasteiger partial charge in [-0.1, -0.05) is 0 Å². The molecule has 2 aromatic rings. The predicted octanol–water partition coefficient (Wildman–Crippen LogP) is 3.74. The zero-order valence-electron chi connectivity index (χ0n) is 12.1. The molecule has 1 aromatic carbocycles. The number of rotatable bonds is 8. The number of hydrogen-bond donors (Lipinski definition) is 1. The van der Waals surface area contributed by atoms with Gasteiger partial charge in [0.2, 0.25) is 0 Å². The van der Waals surface area contributed by atoms with E-state index in [-0.39, 0.29) is 11.5 Å². The van der Waals surface area contributed by atoms with Crippen molar-refractivity contribution in [2.45, 2.75) is 12.7 Å². The van der Waals surface area contributed by atoms with Crippen LogP contribution in [0.4, 0.5) is 11.4 Å². The molecule has 22 heavy (non-hydrogen) atoms. The number of Topliss-reactive ketones (excluding diaryl/α,β-unsaturated/α-hetero) is 1. The molecule has 0 amide bonds. The molecule has 116 valence electrons. The minimum Gasteiger partial charge on any atom is -0.468 e. The quantitative estimate of drug-likeness (QED) is 0.345. The van der Waals surface area contributed by atoms with Crippen molar-refractivity contribution in [1.29, 1.82) is 0 Å². The SMILES string of the molecule is CC(=O)c1ccc(NCCSCc2ccco2)c([N+](=O)[O-])c1. The number of ketones is 1. The number of nitrogens with zero attached hydrogens (tertiary/aromatic N) is 1. The van der Waals surface area contributed by atoms with Gasteiger partial charge in [0.1, 0.15) is 11.4 Å². The van der Waals surface area contributed by atoms with Gasteiger partial charge in [-0.05, 0) is 31.2 Å². The molecular formula is C15H16N2O4S. The van der Waals surface area contributed by atoms with E-state index in [1.54, 1.807) is 30.2 Å². The van der Waals surface area contributed by atoms with Gasteiger partial charge in [0, 0.05) is 23.9 Å². The van der Waals surface area contributed by atoms with Gasteiger partial charge in [0.05, 0.1) is 16.9 Å². The third kappa shape index (κ3) is 4.36. The summed E-state index contributed by atoms with van der Waals surface area (Å²) in [6.45, 7) is 1.98. The maximum atomic E-state index is 11.3. The summed E-state index contributed by atoms with van der Waals surface area (Å²) in [5.74, 6) is 2.26. The predicted molar refractivity (Wildman–Crippen MR) is 86.5 cm³/mol. The van der Waals surface area contributed by atoms with Crippen molar-refractivity contribution in [2.75, 3.05) is 17.6 Å². The van der Waals surface area contributed by atoms with Crippen molar-refractivity contribution in [2.24, 2.45) is 0 Å². The van der Waals surface area contributed by atoms with Gasteiger partial charge in [-0.2, -0.15) is 11.8 Å². The lowest BCUT2D eigenvalue weighted by Gasteiger charge is -2.07. The second kappa shape index (κ2) is 7.65. The number of nitrogens with one attached hydrogen (secondary N) is 1. The Balaban J connectivity index is 1.89. The minimum absolute atomic E-state index is 0.0799. The van der Waals surface area contributed by atoms with E-state index in [0.29, 0.717) is 17.8 Å². The van der Waals surface area contributed by atoms with Gasteiger partial charge < -0.3 is 9.73 Å². The zero-order valence-corrected chi connectivity index (χ0v) is 12.9. The van der Waals surface area contributed by atoms with Gasteiger partial charge in [-0.15, -0.1) is 0 Å². The number of benzene rings is 1. The third-order valence-electron chi connectivity index (χ3n) is 2.99. The molecule has 0 atom stereocenters. The Kier molecular flexibility index (Phi) is 5.60. The summed E-state index contributed by atoms with van der Waals surface area (Å²) < 4.78 is 5.22. The first kappa shape index (κ1) is 16.1. The van der Waals surface area contributed by atoms with Crippen molar-refractivity contribution in [1.82, 2.24) is 0 Å². The molecule has 2 rings (SSSR count). The molecule has 0 radical (unpaired) electrons. The molecule has 6 nitrogen and oxygen atoms in total. The molecule has 0 unspecified atom stereocenters. The Hall–Kier alpha value is -2.28. The van der Waals surface area contributed by atoms with Crippen LogP contribution in [0.5, 0.6) is 0 Å². The Morgan fingerprint density at radius 2 is 2.23 bits per heavy atom. The highest BCUT2D eigenvalue weighted by molar-refractivity contribution is 7.98. The van der Waals surface area contributed by atoms with Crippen LogP contribution in [0.3, 0.4) is 0 Å². The third-order valence-corrected chi connectivity index (χ3v) is 3.97. The van der Waals surface area contributed by atoms with Gasteiger partial charge >= 0.3 is 0 Å². The van der Waals surface area contributed by atoms with Crippen LogP contribution >= 0.6 is 11.8 Å². The van der Waals surface area contributed by atoms with E-state index in [1.807, 2.05) is 12.1 Å². The molecule has 0 aliphatic rings. The average Bonchev–Trinajstić information content (AvgIpc) is 3.00. The molecule has 0 fully saturated rings. The molecular weight excluding hydrogens is 304 g/mol. The molecule has 0 aliphatic heterocycles. The van der Waals surface area contributed by atoms with Crippen molar-refractivity contribution >= 4 is 28.9 Å². The van der Waals surface area contributed by atoms with Crippen molar-refractivity contribution in [3.05, 3.63) is 58.0 Å². The van der Waals surface area contributed by atoms with Crippen LogP contribution in [0.2, 0.25) is 0 Å². The van der Waals surface area contributed by atoms with Crippen LogP contribution in [0.25, 0.3) is 0 Å². The lowest BCUT2D eigenvalue weighted by atomic mass is 10.1. The Morgan fingerprint density at radius 3 is 2.86 bits per heavy atom. The Labute approximate surface area is 132 Å². The van der Waals surface area contributed by atoms with Gasteiger partial charge in [0.15, 0.2) is 5.78 Å². The molecule has 7 heteroatoms. The van der Waals surface area contributed by atoms with Crippen molar-refractivity contribution in [3.63, 3.8) is 0 Å². The first-order chi connectivity index (χ1) is 10.6. The average molecular weight is 320 g/mol. The first-order valence-electron chi connectivity index (χ1n) is 6.71. The fourth-order valence-corrected chi connectivity index (χ4v) is 2.63. The van der Waals surface area contributed by atoms with Crippen LogP contribution < -0.4 is 5.32 Å². The maximum Gasteiger partial charge on any atom is 0.293 e. The van der Waals surface area contributed by atoms with E-state index < -0.39 is 4.92 Å². The summed E-state index contributed by atoms with van der Waals surface area (Å²) in [5, 5.41) is 14.1. The molecule has 1 N–H and O–H groups in total. The lowest BCUT2D eigenvalue weighted by molar-refractivity contribution is -0.384. The van der Waals surface area contributed by atoms with Crippen LogP contribution in [0.1, 0.15) is 23.0 Å². The Bertz CT molecular complexity index is 656. The number of thioether (sulfide) groups is 1. The fourth-order valence-electron chi connectivity index (χ4n) is 1.88. The molecule has 0 saturated carbocycles. The highest BCUT2D eigenvalue weighted by atomic mass is 32.2. The maximum absolute atomic E-state index is 11.3. The smallest absolute Gasteiger partial charge is 0.293 e. The summed E-state index contributed by atoms with van der Waals surface area (Å²) in [5.41, 5.74) is 0.682. The van der Waals surface area contributed by atoms with E-state index in [4.69, 9.17) is 4.42 Å². The second-order valence-electron chi connectivity index (χ2n) is 4.60. The lowest BCUT2D eigenvalue weighted by Crippen LogP contribution is -2.07. The molecule has 1 heterocycles. The van der Waals surface area contributed by atoms with E-state index in [1.165, 1.54) is 13.0 Å². The van der Waals surface area contributed by atoms with E-state index in [9.17, 15) is 14.9 Å². The standard InChI is InChI=1S/C15H16N2O4S/c1-11(18)12-4-5-14(15(9-12)17(19)20)16-6-8-22-10-13-3-2-7-21-13/h2-5,7,9,16H,6,8,10H2,1H3. The van der Waals surface area contributed by atoms with Crippen LogP contribution in [0.15, 0.2) is 41.0 Å². The number of carbonyl (C=O) groups is 1. The van der Waals surface area contributed by atoms with Gasteiger partial charge in [-0.3, -0.25) is 14.9 Å². The largest absolute Gasteiger partial charge is 0.468 e. The summed E-state index contributed by atoms with van der Waals surface area (Å²) in [6, 6.07) is 8.22. The topological polar surface area (TPSA) is 85.4 Å². The first-order valence-corrected chi connectivity index (χ1v) is 7.87. The van der Waals surface area contributed by atoms with E-state index in [2.05, 4.69) is 5.32 Å². The monoisotopic (exact) mass is 320 g/mol. The fraction of sp³-hybridized carbons (Fsp3) is 0.267. The van der Waals surface area contributed by atoms with Crippen LogP contribution in [-0.2, 0) is 5.75 Å². The van der Waals surface area contributed by atoms with Crippen LogP contribution in [-0.4, -0.2) is 23.0 Å². The normalized spacial score (nSPS) is 10.4. The van der Waals surface area contributed by atoms with E-state index >= 15 is 0 Å². The van der Waals surface area contributed by atoms with Crippen molar-refractivity contribution in [3.8, 4) is 0 Å². The zero-order chi connectivity index (χ0) is 15.9. The molecule has 0 saturated heterocycles. The number of carbonyl (C=O) groups excluding carboxylic acids is 1. The van der Waals surface area contributed by atoms with Gasteiger partial charge in [-0.25, -0.2) is 0 Å². The number of hydrogen-bond acceptors (Lipinski definition) is 6. The highest BCUT2D eigenvalue weighted by Gasteiger charge is 2.15. The Morgan fingerprint density at radius 1 is 1.41 bits per heavy atom. The molecule has 0 aliphatic carbocycles. The molecule has 0 spiro atoms. The van der Waals surface area contributed by atoms with Gasteiger partial charge in [0.25, 0.3) is 5.69 Å². The highest BCUT2D eigenvalue weighted by Crippen LogP contribution is 2.26. The molecule has 1 aromatic heterocycles. The summed E-state index contributed by atoms with van der Waals surface area (Å²) in [4.78, 5) is 21.9. The number of nitro groups is 1. The van der Waals surface area contributed by atoms with Crippen LogP contribution in [0, 0.1) is 10.1 Å². The van der Waals surface area contributed by atoms with E-state index in [0.717, 1.165) is 17.3 Å². The summed E-state index contributed by atoms with van der Waals surface area (Å²) in [7, 11) is 0. The number of furan rings is 1. The van der Waals surface area contributed by atoms with Crippen molar-refractivity contribution < 1.29 is 14.1 Å². The summed E-state index contributed by atoms with van der Waals surface area (Å²) in [6.07, 6.45) is 1.63. The minimum atomic E-state index is -0.481. The number of anilines is 1. The second-order valence-corrected chi connectivity index (χ2v) is 5.71.